The van der Waals surface area contributed by atoms with Crippen LogP contribution < -0.4 is 0 Å². The van der Waals surface area contributed by atoms with Crippen LogP contribution in [-0.2, 0) is 78.6 Å². The maximum Gasteiger partial charge on any atom is 0.291 e. The van der Waals surface area contributed by atoms with Crippen LogP contribution >= 0.6 is 0 Å². The summed E-state index contributed by atoms with van der Waals surface area (Å²) in [5.74, 6) is -14.8. The van der Waals surface area contributed by atoms with Gasteiger partial charge >= 0.3 is 0 Å². The maximum absolute atomic E-state index is 14.3. The van der Waals surface area contributed by atoms with E-state index in [9.17, 15) is 30.3 Å². The van der Waals surface area contributed by atoms with Gasteiger partial charge in [0.05, 0.1) is 26.4 Å². The third kappa shape index (κ3) is 9.14. The molecule has 2 aliphatic rings. The fourth-order valence-electron chi connectivity index (χ4n) is 7.99. The molecule has 1 heterocycles. The molecule has 1 saturated carbocycles. The minimum absolute atomic E-state index is 0.00111. The number of aliphatic hydroxyl groups is 5. The van der Waals surface area contributed by atoms with Gasteiger partial charge in [-0.2, -0.15) is 0 Å². The van der Waals surface area contributed by atoms with Crippen molar-refractivity contribution in [2.24, 2.45) is 0 Å². The largest absolute Gasteiger partial charge is 0.387 e. The van der Waals surface area contributed by atoms with Gasteiger partial charge in [0, 0.05) is 35.4 Å². The molecule has 12 atom stereocenters. The quantitative estimate of drug-likeness (QED) is 0.0809. The Morgan fingerprint density at radius 1 is 0.565 bits per heavy atom. The van der Waals surface area contributed by atoms with E-state index in [1.54, 1.807) is 0 Å². The first kappa shape index (κ1) is 47.4. The molecular formula is C46H56O16. The summed E-state index contributed by atoms with van der Waals surface area (Å²) in [4.78, 5) is 14.3. The fraction of sp³-hybridized carbons (Fsp3) is 0.457. The highest BCUT2D eigenvalue weighted by Crippen LogP contribution is 2.54. The van der Waals surface area contributed by atoms with E-state index in [0.29, 0.717) is 5.56 Å². The van der Waals surface area contributed by atoms with E-state index in [4.69, 9.17) is 47.4 Å². The fourth-order valence-corrected chi connectivity index (χ4v) is 7.99. The lowest BCUT2D eigenvalue weighted by molar-refractivity contribution is -0.575. The Morgan fingerprint density at radius 2 is 0.919 bits per heavy atom. The van der Waals surface area contributed by atoms with Crippen LogP contribution in [0.2, 0.25) is 0 Å². The molecule has 0 amide bonds. The zero-order chi connectivity index (χ0) is 44.5. The topological polar surface area (TPSA) is 211 Å². The summed E-state index contributed by atoms with van der Waals surface area (Å²) >= 11 is 0. The van der Waals surface area contributed by atoms with E-state index in [2.05, 4.69) is 0 Å². The SMILES string of the molecule is COC(O)[C@H]1O[C@@](O[C@H]2[C@@H](O)[C@@H](OCc3ccccc3)[C@H](OCc3ccccc3)[C@@H](OCc3ccccc3)[C@@H]2OCc2ccccc2)(C(C)=O)[C@](O)(OC)[C@](O)(OC)[C@@]1(O)OC. The van der Waals surface area contributed by atoms with Crippen LogP contribution in [0.4, 0.5) is 0 Å². The first-order chi connectivity index (χ1) is 29.8. The zero-order valence-electron chi connectivity index (χ0n) is 35.2. The van der Waals surface area contributed by atoms with Gasteiger partial charge < -0.3 is 72.9 Å². The normalized spacial score (nSPS) is 32.9. The van der Waals surface area contributed by atoms with E-state index >= 15 is 0 Å². The molecule has 1 saturated heterocycles. The number of methoxy groups -OCH3 is 4. The minimum atomic E-state index is -3.56. The van der Waals surface area contributed by atoms with Gasteiger partial charge in [0.25, 0.3) is 23.1 Å². The summed E-state index contributed by atoms with van der Waals surface area (Å²) < 4.78 is 60.5. The lowest BCUT2D eigenvalue weighted by Crippen LogP contribution is -2.89. The number of ether oxygens (including phenoxy) is 10. The standard InChI is InChI=1S/C46H56O16/c1-30(47)44(46(52,56-5)45(51,55-4)43(50,54-3)41(62-44)42(49)53-2)61-37-35(48)36(57-26-31-18-10-6-11-19-31)38(58-27-32-20-12-7-13-21-32)40(60-29-34-24-16-9-17-25-34)39(37)59-28-33-22-14-8-15-23-33/h6-25,35-42,48-52H,26-29H2,1-5H3/t35-,36+,37-,38-,39+,40+,41+,42?,43-,44-,45+,46-/m0/s1. The molecule has 1 aliphatic heterocycles. The van der Waals surface area contributed by atoms with Gasteiger partial charge in [0.15, 0.2) is 18.2 Å². The molecule has 4 aromatic rings. The van der Waals surface area contributed by atoms with Gasteiger partial charge in [-0.1, -0.05) is 121 Å². The second kappa shape index (κ2) is 20.6. The molecule has 62 heavy (non-hydrogen) atoms. The van der Waals surface area contributed by atoms with Crippen molar-refractivity contribution in [2.45, 2.75) is 106 Å². The number of carbonyl (C=O) groups excluding carboxylic acids is 1. The predicted molar refractivity (Wildman–Crippen MR) is 218 cm³/mol. The number of Topliss-reactive ketones (excluding diaryl/α,β-unsaturated/α-hetero) is 1. The number of hydrogen-bond acceptors (Lipinski definition) is 16. The Hall–Kier alpha value is -4.05. The Kier molecular flexibility index (Phi) is 15.8. The second-order valence-corrected chi connectivity index (χ2v) is 15.1. The lowest BCUT2D eigenvalue weighted by atomic mass is 9.79. The summed E-state index contributed by atoms with van der Waals surface area (Å²) in [5, 5.41) is 60.6. The molecule has 16 heteroatoms. The average molecular weight is 865 g/mol. The Morgan fingerprint density at radius 3 is 1.26 bits per heavy atom. The molecule has 2 fully saturated rings. The van der Waals surface area contributed by atoms with E-state index < -0.39 is 77.9 Å². The van der Waals surface area contributed by atoms with Gasteiger partial charge in [0.2, 0.25) is 0 Å². The van der Waals surface area contributed by atoms with Crippen molar-refractivity contribution in [1.29, 1.82) is 0 Å². The highest BCUT2D eigenvalue weighted by Gasteiger charge is 2.84. The monoisotopic (exact) mass is 864 g/mol. The smallest absolute Gasteiger partial charge is 0.291 e. The third-order valence-electron chi connectivity index (χ3n) is 11.3. The molecule has 5 N–H and O–H groups in total. The highest BCUT2D eigenvalue weighted by atomic mass is 16.8. The van der Waals surface area contributed by atoms with Gasteiger partial charge in [-0.25, -0.2) is 0 Å². The molecule has 6 rings (SSSR count). The maximum atomic E-state index is 14.3. The van der Waals surface area contributed by atoms with Crippen molar-refractivity contribution < 1.29 is 77.7 Å². The third-order valence-corrected chi connectivity index (χ3v) is 11.3. The molecule has 0 radical (unpaired) electrons. The highest BCUT2D eigenvalue weighted by molar-refractivity contribution is 5.85. The van der Waals surface area contributed by atoms with Crippen LogP contribution in [0.3, 0.4) is 0 Å². The molecular weight excluding hydrogens is 808 g/mol. The van der Waals surface area contributed by atoms with Crippen LogP contribution in [0.5, 0.6) is 0 Å². The number of hydrogen-bond donors (Lipinski definition) is 5. The summed E-state index contributed by atoms with van der Waals surface area (Å²) in [6, 6.07) is 36.9. The van der Waals surface area contributed by atoms with E-state index in [0.717, 1.165) is 52.1 Å². The Labute approximate surface area is 360 Å². The van der Waals surface area contributed by atoms with E-state index in [1.165, 1.54) is 0 Å². The molecule has 336 valence electrons. The number of aliphatic hydroxyl groups excluding tert-OH is 2. The van der Waals surface area contributed by atoms with Crippen molar-refractivity contribution in [3.05, 3.63) is 144 Å². The second-order valence-electron chi connectivity index (χ2n) is 15.1. The summed E-state index contributed by atoms with van der Waals surface area (Å²) in [7, 11) is 3.71. The molecule has 16 nitrogen and oxygen atoms in total. The van der Waals surface area contributed by atoms with E-state index in [-0.39, 0.29) is 26.4 Å². The molecule has 1 unspecified atom stereocenters. The number of carbonyl (C=O) groups is 1. The average Bonchev–Trinajstić information content (AvgIpc) is 3.31. The van der Waals surface area contributed by atoms with Crippen molar-refractivity contribution in [2.75, 3.05) is 28.4 Å². The first-order valence-corrected chi connectivity index (χ1v) is 20.0. The molecule has 0 aromatic heterocycles. The first-order valence-electron chi connectivity index (χ1n) is 20.0. The molecule has 4 aromatic carbocycles. The summed E-state index contributed by atoms with van der Waals surface area (Å²) in [6.07, 6.45) is -13.1. The van der Waals surface area contributed by atoms with Crippen molar-refractivity contribution >= 4 is 5.78 Å². The zero-order valence-corrected chi connectivity index (χ0v) is 35.2. The van der Waals surface area contributed by atoms with Crippen LogP contribution in [0.25, 0.3) is 0 Å². The van der Waals surface area contributed by atoms with Crippen LogP contribution in [0.15, 0.2) is 121 Å². The molecule has 0 bridgehead atoms. The van der Waals surface area contributed by atoms with Crippen molar-refractivity contribution in [3.63, 3.8) is 0 Å². The number of ketones is 1. The predicted octanol–water partition coefficient (Wildman–Crippen LogP) is 2.74. The number of benzene rings is 4. The molecule has 1 aliphatic carbocycles. The molecule has 0 spiro atoms. The van der Waals surface area contributed by atoms with Crippen LogP contribution in [-0.4, -0.2) is 132 Å². The summed E-state index contributed by atoms with van der Waals surface area (Å²) in [5.41, 5.74) is 3.02. The number of rotatable bonds is 20. The van der Waals surface area contributed by atoms with Crippen LogP contribution in [0, 0.1) is 0 Å². The Balaban J connectivity index is 1.54. The van der Waals surface area contributed by atoms with Gasteiger partial charge in [-0.3, -0.25) is 4.79 Å². The van der Waals surface area contributed by atoms with Gasteiger partial charge in [0.1, 0.15) is 36.6 Å². The van der Waals surface area contributed by atoms with Gasteiger partial charge in [-0.05, 0) is 22.3 Å². The van der Waals surface area contributed by atoms with Crippen molar-refractivity contribution in [3.8, 4) is 0 Å². The minimum Gasteiger partial charge on any atom is -0.387 e. The lowest BCUT2D eigenvalue weighted by Gasteiger charge is -2.62. The van der Waals surface area contributed by atoms with E-state index in [1.807, 2.05) is 121 Å². The summed E-state index contributed by atoms with van der Waals surface area (Å²) in [6.45, 7) is 0.843. The van der Waals surface area contributed by atoms with Gasteiger partial charge in [-0.15, -0.1) is 0 Å². The van der Waals surface area contributed by atoms with Crippen LogP contribution in [0.1, 0.15) is 29.2 Å². The van der Waals surface area contributed by atoms with Crippen molar-refractivity contribution in [1.82, 2.24) is 0 Å². The Bertz CT molecular complexity index is 1980.